The number of carbonyl (C=O) groups excluding carboxylic acids is 1. The van der Waals surface area contributed by atoms with Crippen molar-refractivity contribution in [1.29, 1.82) is 0 Å². The molecule has 0 aromatic carbocycles. The molecule has 120 valence electrons. The molecule has 2 unspecified atom stereocenters. The third-order valence-corrected chi connectivity index (χ3v) is 3.56. The summed E-state index contributed by atoms with van der Waals surface area (Å²) in [5.41, 5.74) is -0.655. The average Bonchev–Trinajstić information content (AvgIpc) is 2.36. The smallest absolute Gasteiger partial charge is 0.325 e. The minimum absolute atomic E-state index is 0.205. The van der Waals surface area contributed by atoms with Crippen LogP contribution in [0.5, 0.6) is 0 Å². The van der Waals surface area contributed by atoms with E-state index < -0.39 is 5.54 Å². The van der Waals surface area contributed by atoms with Crippen LogP contribution in [0.1, 0.15) is 40.5 Å². The minimum atomic E-state index is -0.655. The number of methoxy groups -OCH3 is 2. The summed E-state index contributed by atoms with van der Waals surface area (Å²) in [6.07, 6.45) is 1.70. The van der Waals surface area contributed by atoms with Crippen LogP contribution < -0.4 is 5.32 Å². The van der Waals surface area contributed by atoms with Crippen molar-refractivity contribution in [2.24, 2.45) is 0 Å². The number of nitrogens with one attached hydrogen (secondary N) is 1. The highest BCUT2D eigenvalue weighted by Gasteiger charge is 2.36. The van der Waals surface area contributed by atoms with Gasteiger partial charge in [0.25, 0.3) is 0 Å². The third-order valence-electron chi connectivity index (χ3n) is 3.56. The van der Waals surface area contributed by atoms with Crippen molar-refractivity contribution in [1.82, 2.24) is 10.2 Å². The lowest BCUT2D eigenvalue weighted by atomic mass is 9.92. The van der Waals surface area contributed by atoms with Crippen LogP contribution in [0.2, 0.25) is 0 Å². The van der Waals surface area contributed by atoms with Crippen molar-refractivity contribution >= 4 is 5.97 Å². The summed E-state index contributed by atoms with van der Waals surface area (Å²) in [5, 5.41) is 3.33. The maximum absolute atomic E-state index is 12.1. The molecule has 0 saturated heterocycles. The van der Waals surface area contributed by atoms with Crippen LogP contribution in [0.25, 0.3) is 0 Å². The monoisotopic (exact) mass is 288 g/mol. The standard InChI is InChI=1S/C15H32N2O3/c1-12(2)16-15(4,14(18)20-7)11-13(3)17(5)9-8-10-19-6/h12-13,16H,8-11H2,1-7H3. The van der Waals surface area contributed by atoms with E-state index in [0.717, 1.165) is 19.6 Å². The van der Waals surface area contributed by atoms with Gasteiger partial charge in [-0.2, -0.15) is 0 Å². The van der Waals surface area contributed by atoms with Gasteiger partial charge in [0.15, 0.2) is 0 Å². The predicted molar refractivity (Wildman–Crippen MR) is 81.9 cm³/mol. The predicted octanol–water partition coefficient (Wildman–Crippen LogP) is 1.66. The largest absolute Gasteiger partial charge is 0.468 e. The molecule has 0 aliphatic carbocycles. The summed E-state index contributed by atoms with van der Waals surface area (Å²) in [7, 11) is 5.23. The van der Waals surface area contributed by atoms with Gasteiger partial charge in [-0.3, -0.25) is 10.1 Å². The number of hydrogen-bond donors (Lipinski definition) is 1. The molecule has 0 aliphatic rings. The van der Waals surface area contributed by atoms with Gasteiger partial charge in [-0.05, 0) is 47.6 Å². The van der Waals surface area contributed by atoms with Gasteiger partial charge in [0.1, 0.15) is 5.54 Å². The van der Waals surface area contributed by atoms with Crippen LogP contribution in [-0.4, -0.2) is 62.9 Å². The molecule has 0 aromatic rings. The molecule has 5 heteroatoms. The molecule has 0 rings (SSSR count). The van der Waals surface area contributed by atoms with Crippen LogP contribution in [-0.2, 0) is 14.3 Å². The van der Waals surface area contributed by atoms with Crippen molar-refractivity contribution in [3.8, 4) is 0 Å². The van der Waals surface area contributed by atoms with Gasteiger partial charge < -0.3 is 14.4 Å². The van der Waals surface area contributed by atoms with E-state index in [9.17, 15) is 4.79 Å². The highest BCUT2D eigenvalue weighted by molar-refractivity contribution is 5.80. The molecule has 20 heavy (non-hydrogen) atoms. The molecule has 0 heterocycles. The fourth-order valence-corrected chi connectivity index (χ4v) is 2.49. The molecule has 0 radical (unpaired) electrons. The van der Waals surface area contributed by atoms with E-state index in [1.54, 1.807) is 7.11 Å². The molecule has 2 atom stereocenters. The van der Waals surface area contributed by atoms with Crippen LogP contribution in [0.15, 0.2) is 0 Å². The fourth-order valence-electron chi connectivity index (χ4n) is 2.49. The summed E-state index contributed by atoms with van der Waals surface area (Å²) in [6, 6.07) is 0.507. The number of ether oxygens (including phenoxy) is 2. The topological polar surface area (TPSA) is 50.8 Å². The van der Waals surface area contributed by atoms with Crippen LogP contribution >= 0.6 is 0 Å². The van der Waals surface area contributed by atoms with Gasteiger partial charge in [0.2, 0.25) is 0 Å². The fraction of sp³-hybridized carbons (Fsp3) is 0.933. The normalized spacial score (nSPS) is 16.2. The molecule has 0 bridgehead atoms. The van der Waals surface area contributed by atoms with E-state index in [4.69, 9.17) is 9.47 Å². The molecule has 0 spiro atoms. The lowest BCUT2D eigenvalue weighted by Gasteiger charge is -2.35. The molecule has 1 N–H and O–H groups in total. The van der Waals surface area contributed by atoms with Crippen LogP contribution in [0.3, 0.4) is 0 Å². The number of rotatable bonds is 10. The summed E-state index contributed by atoms with van der Waals surface area (Å²) < 4.78 is 10.0. The molecule has 0 saturated carbocycles. The molecule has 0 fully saturated rings. The van der Waals surface area contributed by atoms with E-state index in [1.165, 1.54) is 7.11 Å². The van der Waals surface area contributed by atoms with E-state index >= 15 is 0 Å². The molecular weight excluding hydrogens is 256 g/mol. The first-order valence-corrected chi connectivity index (χ1v) is 7.32. The molecule has 0 amide bonds. The van der Waals surface area contributed by atoms with Gasteiger partial charge in [-0.1, -0.05) is 0 Å². The van der Waals surface area contributed by atoms with Crippen molar-refractivity contribution in [2.45, 2.75) is 58.2 Å². The Morgan fingerprint density at radius 3 is 2.35 bits per heavy atom. The van der Waals surface area contributed by atoms with E-state index in [0.29, 0.717) is 6.42 Å². The first-order valence-electron chi connectivity index (χ1n) is 7.32. The van der Waals surface area contributed by atoms with E-state index in [1.807, 2.05) is 20.8 Å². The number of esters is 1. The lowest BCUT2D eigenvalue weighted by molar-refractivity contribution is -0.149. The van der Waals surface area contributed by atoms with Crippen LogP contribution in [0.4, 0.5) is 0 Å². The summed E-state index contributed by atoms with van der Waals surface area (Å²) in [5.74, 6) is -0.205. The number of nitrogens with zero attached hydrogens (tertiary/aromatic N) is 1. The molecule has 0 aliphatic heterocycles. The van der Waals surface area contributed by atoms with Gasteiger partial charge in [-0.15, -0.1) is 0 Å². The Hall–Kier alpha value is -0.650. The van der Waals surface area contributed by atoms with Crippen molar-refractivity contribution in [3.05, 3.63) is 0 Å². The minimum Gasteiger partial charge on any atom is -0.468 e. The van der Waals surface area contributed by atoms with Gasteiger partial charge in [0.05, 0.1) is 7.11 Å². The second-order valence-electron chi connectivity index (χ2n) is 6.00. The Bertz CT molecular complexity index is 284. The Labute approximate surface area is 124 Å². The van der Waals surface area contributed by atoms with E-state index in [2.05, 4.69) is 24.2 Å². The Morgan fingerprint density at radius 2 is 1.90 bits per heavy atom. The average molecular weight is 288 g/mol. The maximum Gasteiger partial charge on any atom is 0.325 e. The lowest BCUT2D eigenvalue weighted by Crippen LogP contribution is -2.56. The first-order chi connectivity index (χ1) is 9.26. The van der Waals surface area contributed by atoms with Crippen molar-refractivity contribution in [2.75, 3.05) is 34.4 Å². The SMILES string of the molecule is COCCCN(C)C(C)CC(C)(NC(C)C)C(=O)OC. The maximum atomic E-state index is 12.1. The molecule has 5 nitrogen and oxygen atoms in total. The Balaban J connectivity index is 4.59. The van der Waals surface area contributed by atoms with Gasteiger partial charge in [0, 0.05) is 32.3 Å². The quantitative estimate of drug-likeness (QED) is 0.489. The Kier molecular flexibility index (Phi) is 9.01. The summed E-state index contributed by atoms with van der Waals surface area (Å²) in [4.78, 5) is 14.3. The zero-order valence-corrected chi connectivity index (χ0v) is 14.2. The second kappa shape index (κ2) is 9.32. The van der Waals surface area contributed by atoms with E-state index in [-0.39, 0.29) is 18.1 Å². The van der Waals surface area contributed by atoms with Crippen LogP contribution in [0, 0.1) is 0 Å². The number of hydrogen-bond acceptors (Lipinski definition) is 5. The highest BCUT2D eigenvalue weighted by atomic mass is 16.5. The first kappa shape index (κ1) is 19.4. The third kappa shape index (κ3) is 6.68. The summed E-state index contributed by atoms with van der Waals surface area (Å²) in [6.45, 7) is 9.83. The highest BCUT2D eigenvalue weighted by Crippen LogP contribution is 2.18. The van der Waals surface area contributed by atoms with Crippen molar-refractivity contribution < 1.29 is 14.3 Å². The molecule has 0 aromatic heterocycles. The van der Waals surface area contributed by atoms with Crippen molar-refractivity contribution in [3.63, 3.8) is 0 Å². The number of carbonyl (C=O) groups is 1. The molecular formula is C15H32N2O3. The van der Waals surface area contributed by atoms with Gasteiger partial charge >= 0.3 is 5.97 Å². The Morgan fingerprint density at radius 1 is 1.30 bits per heavy atom. The summed E-state index contributed by atoms with van der Waals surface area (Å²) >= 11 is 0. The zero-order chi connectivity index (χ0) is 15.8. The zero-order valence-electron chi connectivity index (χ0n) is 14.2. The van der Waals surface area contributed by atoms with Gasteiger partial charge in [-0.25, -0.2) is 0 Å². The second-order valence-corrected chi connectivity index (χ2v) is 6.00.